The predicted octanol–water partition coefficient (Wildman–Crippen LogP) is 2.88. The van der Waals surface area contributed by atoms with Gasteiger partial charge in [0.05, 0.1) is 18.7 Å². The van der Waals surface area contributed by atoms with Crippen LogP contribution in [0.5, 0.6) is 5.75 Å². The molecule has 1 fully saturated rings. The standard InChI is InChI=1S/C20H19ClN2O5/c1-27-17-5-3-2-4-16(17)22-18(24)12-28-20(26)13-10-19(25)23(11-13)15-8-6-14(21)7-9-15/h2-9,13H,10-12H2,1H3,(H,22,24)/t13-/m1/s1. The summed E-state index contributed by atoms with van der Waals surface area (Å²) in [6.07, 6.45) is 0.0373. The molecular formula is C20H19ClN2O5. The number of hydrogen-bond donors (Lipinski definition) is 1. The van der Waals surface area contributed by atoms with E-state index in [2.05, 4.69) is 5.32 Å². The first-order chi connectivity index (χ1) is 13.5. The zero-order chi connectivity index (χ0) is 20.1. The van der Waals surface area contributed by atoms with Crippen molar-refractivity contribution in [2.24, 2.45) is 5.92 Å². The normalized spacial score (nSPS) is 16.0. The van der Waals surface area contributed by atoms with Crippen molar-refractivity contribution in [1.82, 2.24) is 0 Å². The fraction of sp³-hybridized carbons (Fsp3) is 0.250. The first-order valence-electron chi connectivity index (χ1n) is 8.63. The van der Waals surface area contributed by atoms with Crippen molar-refractivity contribution in [3.63, 3.8) is 0 Å². The molecule has 2 aromatic carbocycles. The van der Waals surface area contributed by atoms with Crippen LogP contribution in [0.4, 0.5) is 11.4 Å². The maximum Gasteiger partial charge on any atom is 0.311 e. The van der Waals surface area contributed by atoms with E-state index in [0.29, 0.717) is 22.1 Å². The third-order valence-corrected chi connectivity index (χ3v) is 4.58. The number of hydrogen-bond acceptors (Lipinski definition) is 5. The third kappa shape index (κ3) is 4.61. The van der Waals surface area contributed by atoms with Gasteiger partial charge < -0.3 is 19.7 Å². The Bertz CT molecular complexity index is 884. The molecule has 0 bridgehead atoms. The van der Waals surface area contributed by atoms with Gasteiger partial charge in [0.1, 0.15) is 5.75 Å². The minimum absolute atomic E-state index is 0.0373. The minimum atomic E-state index is -0.623. The van der Waals surface area contributed by atoms with Crippen molar-refractivity contribution < 1.29 is 23.9 Å². The maximum atomic E-state index is 12.3. The van der Waals surface area contributed by atoms with Crippen LogP contribution in [0.1, 0.15) is 6.42 Å². The van der Waals surface area contributed by atoms with Crippen LogP contribution in [0.3, 0.4) is 0 Å². The van der Waals surface area contributed by atoms with Crippen molar-refractivity contribution in [2.45, 2.75) is 6.42 Å². The Labute approximate surface area is 167 Å². The van der Waals surface area contributed by atoms with E-state index < -0.39 is 24.4 Å². The monoisotopic (exact) mass is 402 g/mol. The van der Waals surface area contributed by atoms with Gasteiger partial charge in [0.15, 0.2) is 6.61 Å². The quantitative estimate of drug-likeness (QED) is 0.751. The summed E-state index contributed by atoms with van der Waals surface area (Å²) in [6.45, 7) is -0.240. The molecule has 8 heteroatoms. The summed E-state index contributed by atoms with van der Waals surface area (Å²) in [5.41, 5.74) is 1.15. The Morgan fingerprint density at radius 1 is 1.18 bits per heavy atom. The first-order valence-corrected chi connectivity index (χ1v) is 9.01. The van der Waals surface area contributed by atoms with Gasteiger partial charge >= 0.3 is 5.97 Å². The number of benzene rings is 2. The van der Waals surface area contributed by atoms with Crippen LogP contribution >= 0.6 is 11.6 Å². The Hall–Kier alpha value is -3.06. The van der Waals surface area contributed by atoms with E-state index in [0.717, 1.165) is 0 Å². The summed E-state index contributed by atoms with van der Waals surface area (Å²) in [7, 11) is 1.49. The fourth-order valence-corrected chi connectivity index (χ4v) is 3.05. The molecule has 2 amide bonds. The van der Waals surface area contributed by atoms with Crippen LogP contribution < -0.4 is 15.0 Å². The van der Waals surface area contributed by atoms with Gasteiger partial charge in [0.25, 0.3) is 5.91 Å². The summed E-state index contributed by atoms with van der Waals surface area (Å²) in [4.78, 5) is 38.1. The molecule has 1 atom stereocenters. The number of para-hydroxylation sites is 2. The van der Waals surface area contributed by atoms with Crippen molar-refractivity contribution in [1.29, 1.82) is 0 Å². The van der Waals surface area contributed by atoms with E-state index in [9.17, 15) is 14.4 Å². The number of carbonyl (C=O) groups is 3. The number of halogens is 1. The zero-order valence-corrected chi connectivity index (χ0v) is 15.9. The summed E-state index contributed by atoms with van der Waals surface area (Å²) < 4.78 is 10.2. The molecule has 1 aliphatic rings. The summed E-state index contributed by atoms with van der Waals surface area (Å²) >= 11 is 5.86. The largest absolute Gasteiger partial charge is 0.495 e. The number of methoxy groups -OCH3 is 1. The van der Waals surface area contributed by atoms with Gasteiger partial charge in [-0.1, -0.05) is 23.7 Å². The van der Waals surface area contributed by atoms with Gasteiger partial charge in [-0.3, -0.25) is 14.4 Å². The Kier molecular flexibility index (Phi) is 6.16. The molecule has 0 aliphatic carbocycles. The molecule has 7 nitrogen and oxygen atoms in total. The van der Waals surface area contributed by atoms with E-state index in [1.54, 1.807) is 48.5 Å². The fourth-order valence-electron chi connectivity index (χ4n) is 2.92. The highest BCUT2D eigenvalue weighted by Crippen LogP contribution is 2.27. The number of nitrogens with one attached hydrogen (secondary N) is 1. The second kappa shape index (κ2) is 8.75. The number of nitrogens with zero attached hydrogens (tertiary/aromatic N) is 1. The SMILES string of the molecule is COc1ccccc1NC(=O)COC(=O)[C@@H]1CC(=O)N(c2ccc(Cl)cc2)C1. The van der Waals surface area contributed by atoms with Crippen molar-refractivity contribution in [3.8, 4) is 5.75 Å². The first kappa shape index (κ1) is 19.7. The number of anilines is 2. The molecule has 1 N–H and O–H groups in total. The second-order valence-corrected chi connectivity index (χ2v) is 6.67. The molecule has 0 spiro atoms. The molecule has 0 saturated carbocycles. The molecular weight excluding hydrogens is 384 g/mol. The molecule has 1 aliphatic heterocycles. The number of ether oxygens (including phenoxy) is 2. The van der Waals surface area contributed by atoms with Crippen LogP contribution in [0.15, 0.2) is 48.5 Å². The lowest BCUT2D eigenvalue weighted by Crippen LogP contribution is -2.28. The maximum absolute atomic E-state index is 12.3. The van der Waals surface area contributed by atoms with Gasteiger partial charge in [0.2, 0.25) is 5.91 Å². The number of rotatable bonds is 6. The molecule has 0 unspecified atom stereocenters. The van der Waals surface area contributed by atoms with Gasteiger partial charge in [0, 0.05) is 23.7 Å². The molecule has 1 heterocycles. The number of esters is 1. The summed E-state index contributed by atoms with van der Waals surface area (Å²) in [5.74, 6) is -1.37. The summed E-state index contributed by atoms with van der Waals surface area (Å²) in [5, 5.41) is 3.19. The highest BCUT2D eigenvalue weighted by Gasteiger charge is 2.36. The highest BCUT2D eigenvalue weighted by atomic mass is 35.5. The van der Waals surface area contributed by atoms with Crippen molar-refractivity contribution in [2.75, 3.05) is 30.5 Å². The molecule has 2 aromatic rings. The minimum Gasteiger partial charge on any atom is -0.495 e. The number of carbonyl (C=O) groups excluding carboxylic acids is 3. The Balaban J connectivity index is 1.53. The molecule has 146 valence electrons. The van der Waals surface area contributed by atoms with E-state index in [-0.39, 0.29) is 18.9 Å². The topological polar surface area (TPSA) is 84.9 Å². The predicted molar refractivity (Wildman–Crippen MR) is 104 cm³/mol. The second-order valence-electron chi connectivity index (χ2n) is 6.24. The van der Waals surface area contributed by atoms with E-state index in [1.807, 2.05) is 0 Å². The molecule has 28 heavy (non-hydrogen) atoms. The lowest BCUT2D eigenvalue weighted by atomic mass is 10.1. The lowest BCUT2D eigenvalue weighted by Gasteiger charge is -2.16. The third-order valence-electron chi connectivity index (χ3n) is 4.32. The van der Waals surface area contributed by atoms with Crippen LogP contribution in [0.25, 0.3) is 0 Å². The molecule has 1 saturated heterocycles. The smallest absolute Gasteiger partial charge is 0.311 e. The van der Waals surface area contributed by atoms with E-state index >= 15 is 0 Å². The average molecular weight is 403 g/mol. The van der Waals surface area contributed by atoms with Gasteiger partial charge in [-0.2, -0.15) is 0 Å². The van der Waals surface area contributed by atoms with Crippen molar-refractivity contribution >= 4 is 40.8 Å². The van der Waals surface area contributed by atoms with Crippen LogP contribution in [0.2, 0.25) is 5.02 Å². The lowest BCUT2D eigenvalue weighted by molar-refractivity contribution is -0.151. The van der Waals surface area contributed by atoms with Gasteiger partial charge in [-0.05, 0) is 36.4 Å². The van der Waals surface area contributed by atoms with E-state index in [1.165, 1.54) is 12.0 Å². The summed E-state index contributed by atoms with van der Waals surface area (Å²) in [6, 6.07) is 13.7. The van der Waals surface area contributed by atoms with Gasteiger partial charge in [-0.15, -0.1) is 0 Å². The molecule has 0 radical (unpaired) electrons. The zero-order valence-electron chi connectivity index (χ0n) is 15.2. The average Bonchev–Trinajstić information content (AvgIpc) is 3.09. The van der Waals surface area contributed by atoms with E-state index in [4.69, 9.17) is 21.1 Å². The van der Waals surface area contributed by atoms with Crippen molar-refractivity contribution in [3.05, 3.63) is 53.6 Å². The van der Waals surface area contributed by atoms with Crippen LogP contribution in [0, 0.1) is 5.92 Å². The van der Waals surface area contributed by atoms with Crippen LogP contribution in [-0.2, 0) is 19.1 Å². The highest BCUT2D eigenvalue weighted by molar-refractivity contribution is 6.30. The number of amides is 2. The van der Waals surface area contributed by atoms with Gasteiger partial charge in [-0.25, -0.2) is 0 Å². The van der Waals surface area contributed by atoms with Crippen LogP contribution in [-0.4, -0.2) is 38.0 Å². The Morgan fingerprint density at radius 2 is 1.89 bits per heavy atom. The molecule has 3 rings (SSSR count). The Morgan fingerprint density at radius 3 is 2.61 bits per heavy atom. The molecule has 0 aromatic heterocycles.